The average molecular weight is 275 g/mol. The molecule has 0 aliphatic rings. The Kier molecular flexibility index (Phi) is 4.74. The van der Waals surface area contributed by atoms with Crippen LogP contribution >= 0.6 is 15.9 Å². The number of rotatable bonds is 4. The molecule has 1 aromatic rings. The summed E-state index contributed by atoms with van der Waals surface area (Å²) in [6, 6.07) is 4.79. The first kappa shape index (κ1) is 12.7. The molecule has 0 saturated heterocycles. The summed E-state index contributed by atoms with van der Waals surface area (Å²) in [6.45, 7) is 4.07. The molecular weight excluding hydrogens is 259 g/mol. The van der Waals surface area contributed by atoms with Gasteiger partial charge in [0.05, 0.1) is 10.6 Å². The van der Waals surface area contributed by atoms with Crippen molar-refractivity contribution in [2.24, 2.45) is 5.92 Å². The minimum absolute atomic E-state index is 0.200. The fourth-order valence-corrected chi connectivity index (χ4v) is 1.95. The lowest BCUT2D eigenvalue weighted by Gasteiger charge is -2.20. The van der Waals surface area contributed by atoms with E-state index in [2.05, 4.69) is 15.9 Å². The zero-order valence-corrected chi connectivity index (χ0v) is 10.6. The Morgan fingerprint density at radius 1 is 1.33 bits per heavy atom. The fraction of sp³-hybridized carbons (Fsp3) is 0.500. The van der Waals surface area contributed by atoms with Gasteiger partial charge in [-0.25, -0.2) is 4.39 Å². The SMILES string of the molecule is CCC(CC)C(O)c1ccc(Br)c(F)c1. The van der Waals surface area contributed by atoms with E-state index in [4.69, 9.17) is 0 Å². The van der Waals surface area contributed by atoms with Crippen LogP contribution in [0.15, 0.2) is 22.7 Å². The van der Waals surface area contributed by atoms with E-state index in [1.807, 2.05) is 13.8 Å². The molecule has 1 atom stereocenters. The molecule has 0 saturated carbocycles. The summed E-state index contributed by atoms with van der Waals surface area (Å²) >= 11 is 3.09. The van der Waals surface area contributed by atoms with Crippen LogP contribution in [0.5, 0.6) is 0 Å². The van der Waals surface area contributed by atoms with Crippen molar-refractivity contribution in [1.82, 2.24) is 0 Å². The minimum atomic E-state index is -0.567. The first-order valence-electron chi connectivity index (χ1n) is 5.23. The van der Waals surface area contributed by atoms with Crippen molar-refractivity contribution in [3.8, 4) is 0 Å². The molecule has 0 aliphatic carbocycles. The van der Waals surface area contributed by atoms with Crippen molar-refractivity contribution in [2.45, 2.75) is 32.8 Å². The first-order valence-corrected chi connectivity index (χ1v) is 6.02. The quantitative estimate of drug-likeness (QED) is 0.878. The lowest BCUT2D eigenvalue weighted by molar-refractivity contribution is 0.103. The van der Waals surface area contributed by atoms with Gasteiger partial charge in [0, 0.05) is 0 Å². The molecule has 0 heterocycles. The molecule has 1 N–H and O–H groups in total. The molecule has 0 aromatic heterocycles. The Labute approximate surface area is 98.4 Å². The van der Waals surface area contributed by atoms with E-state index < -0.39 is 6.10 Å². The summed E-state index contributed by atoms with van der Waals surface area (Å²) in [5.74, 6) is -0.122. The van der Waals surface area contributed by atoms with Crippen LogP contribution in [0, 0.1) is 11.7 Å². The van der Waals surface area contributed by atoms with E-state index in [0.717, 1.165) is 12.8 Å². The summed E-state index contributed by atoms with van der Waals surface area (Å²) in [5, 5.41) is 10.0. The van der Waals surface area contributed by atoms with Crippen LogP contribution in [0.2, 0.25) is 0 Å². The number of hydrogen-bond acceptors (Lipinski definition) is 1. The predicted molar refractivity (Wildman–Crippen MR) is 63.1 cm³/mol. The van der Waals surface area contributed by atoms with E-state index in [0.29, 0.717) is 10.0 Å². The average Bonchev–Trinajstić information content (AvgIpc) is 2.23. The molecule has 3 heteroatoms. The maximum Gasteiger partial charge on any atom is 0.137 e. The number of hydrogen-bond donors (Lipinski definition) is 1. The molecule has 84 valence electrons. The van der Waals surface area contributed by atoms with Crippen LogP contribution in [-0.2, 0) is 0 Å². The lowest BCUT2D eigenvalue weighted by atomic mass is 9.91. The highest BCUT2D eigenvalue weighted by atomic mass is 79.9. The lowest BCUT2D eigenvalue weighted by Crippen LogP contribution is -2.11. The number of aliphatic hydroxyl groups excluding tert-OH is 1. The summed E-state index contributed by atoms with van der Waals surface area (Å²) in [7, 11) is 0. The molecular formula is C12H16BrFO. The Morgan fingerprint density at radius 2 is 1.93 bits per heavy atom. The number of aliphatic hydroxyl groups is 1. The molecule has 0 bridgehead atoms. The largest absolute Gasteiger partial charge is 0.388 e. The molecule has 1 aromatic carbocycles. The smallest absolute Gasteiger partial charge is 0.137 e. The normalized spacial score (nSPS) is 13.2. The highest BCUT2D eigenvalue weighted by Gasteiger charge is 2.18. The van der Waals surface area contributed by atoms with Gasteiger partial charge in [0.15, 0.2) is 0 Å². The van der Waals surface area contributed by atoms with Crippen molar-refractivity contribution in [3.63, 3.8) is 0 Å². The molecule has 1 nitrogen and oxygen atoms in total. The van der Waals surface area contributed by atoms with Gasteiger partial charge in [0.2, 0.25) is 0 Å². The summed E-state index contributed by atoms with van der Waals surface area (Å²) in [4.78, 5) is 0. The Hall–Kier alpha value is -0.410. The van der Waals surface area contributed by atoms with Gasteiger partial charge in [-0.3, -0.25) is 0 Å². The highest BCUT2D eigenvalue weighted by molar-refractivity contribution is 9.10. The molecule has 0 fully saturated rings. The first-order chi connectivity index (χ1) is 7.10. The third kappa shape index (κ3) is 3.02. The highest BCUT2D eigenvalue weighted by Crippen LogP contribution is 2.29. The second-order valence-corrected chi connectivity index (χ2v) is 4.55. The van der Waals surface area contributed by atoms with E-state index >= 15 is 0 Å². The summed E-state index contributed by atoms with van der Waals surface area (Å²) in [5.41, 5.74) is 0.657. The second-order valence-electron chi connectivity index (χ2n) is 3.69. The van der Waals surface area contributed by atoms with Crippen molar-refractivity contribution in [2.75, 3.05) is 0 Å². The molecule has 1 unspecified atom stereocenters. The van der Waals surface area contributed by atoms with Crippen molar-refractivity contribution in [3.05, 3.63) is 34.1 Å². The van der Waals surface area contributed by atoms with E-state index in [-0.39, 0.29) is 11.7 Å². The topological polar surface area (TPSA) is 20.2 Å². The van der Waals surface area contributed by atoms with E-state index in [1.54, 1.807) is 12.1 Å². The Bertz CT molecular complexity index is 323. The zero-order valence-electron chi connectivity index (χ0n) is 9.00. The van der Waals surface area contributed by atoms with Gasteiger partial charge in [0.25, 0.3) is 0 Å². The van der Waals surface area contributed by atoms with Gasteiger partial charge in [-0.05, 0) is 39.5 Å². The maximum atomic E-state index is 13.3. The van der Waals surface area contributed by atoms with Gasteiger partial charge < -0.3 is 5.11 Å². The Balaban J connectivity index is 2.90. The third-order valence-electron chi connectivity index (χ3n) is 2.78. The monoisotopic (exact) mass is 274 g/mol. The van der Waals surface area contributed by atoms with Gasteiger partial charge >= 0.3 is 0 Å². The predicted octanol–water partition coefficient (Wildman–Crippen LogP) is 4.06. The van der Waals surface area contributed by atoms with Crippen molar-refractivity contribution >= 4 is 15.9 Å². The zero-order chi connectivity index (χ0) is 11.4. The number of benzene rings is 1. The van der Waals surface area contributed by atoms with Crippen LogP contribution in [0.1, 0.15) is 38.4 Å². The van der Waals surface area contributed by atoms with Gasteiger partial charge in [-0.2, -0.15) is 0 Å². The molecule has 1 rings (SSSR count). The van der Waals surface area contributed by atoms with Crippen LogP contribution in [0.3, 0.4) is 0 Å². The number of halogens is 2. The minimum Gasteiger partial charge on any atom is -0.388 e. The van der Waals surface area contributed by atoms with Crippen LogP contribution in [0.25, 0.3) is 0 Å². The summed E-state index contributed by atoms with van der Waals surface area (Å²) in [6.07, 6.45) is 1.23. The second kappa shape index (κ2) is 5.61. The molecule has 0 aliphatic heterocycles. The van der Waals surface area contributed by atoms with E-state index in [9.17, 15) is 9.50 Å². The van der Waals surface area contributed by atoms with E-state index in [1.165, 1.54) is 6.07 Å². The van der Waals surface area contributed by atoms with Crippen LogP contribution in [0.4, 0.5) is 4.39 Å². The molecule has 0 spiro atoms. The van der Waals surface area contributed by atoms with Gasteiger partial charge in [0.1, 0.15) is 5.82 Å². The molecule has 0 amide bonds. The standard InChI is InChI=1S/C12H16BrFO/c1-3-8(4-2)12(15)9-5-6-10(13)11(14)7-9/h5-8,12,15H,3-4H2,1-2H3. The summed E-state index contributed by atoms with van der Waals surface area (Å²) < 4.78 is 13.7. The maximum absolute atomic E-state index is 13.3. The van der Waals surface area contributed by atoms with Crippen LogP contribution < -0.4 is 0 Å². The van der Waals surface area contributed by atoms with Crippen molar-refractivity contribution < 1.29 is 9.50 Å². The van der Waals surface area contributed by atoms with Crippen molar-refractivity contribution in [1.29, 1.82) is 0 Å². The molecule has 0 radical (unpaired) electrons. The Morgan fingerprint density at radius 3 is 2.40 bits per heavy atom. The fourth-order valence-electron chi connectivity index (χ4n) is 1.70. The third-order valence-corrected chi connectivity index (χ3v) is 3.42. The van der Waals surface area contributed by atoms with Crippen LogP contribution in [-0.4, -0.2) is 5.11 Å². The molecule has 15 heavy (non-hydrogen) atoms. The van der Waals surface area contributed by atoms with Gasteiger partial charge in [-0.15, -0.1) is 0 Å². The van der Waals surface area contributed by atoms with Gasteiger partial charge in [-0.1, -0.05) is 32.8 Å².